The Hall–Kier alpha value is -1.96. The van der Waals surface area contributed by atoms with Crippen molar-refractivity contribution in [3.05, 3.63) is 48.6 Å². The minimum absolute atomic E-state index is 0.0344. The van der Waals surface area contributed by atoms with Crippen LogP contribution in [0.5, 0.6) is 0 Å². The normalized spacial score (nSPS) is 15.9. The van der Waals surface area contributed by atoms with Gasteiger partial charge in [0.05, 0.1) is 25.9 Å². The first-order valence-corrected chi connectivity index (χ1v) is 22.9. The number of esters is 2. The van der Waals surface area contributed by atoms with Crippen LogP contribution in [0.25, 0.3) is 0 Å². The summed E-state index contributed by atoms with van der Waals surface area (Å²) in [4.78, 5) is 52.4. The van der Waals surface area contributed by atoms with Gasteiger partial charge in [0, 0.05) is 12.8 Å². The lowest BCUT2D eigenvalue weighted by atomic mass is 10.00. The molecule has 0 spiro atoms. The highest BCUT2D eigenvalue weighted by Crippen LogP contribution is 2.43. The average Bonchev–Trinajstić information content (AvgIpc) is 3.13. The molecular weight excluding hydrogens is 754 g/mol. The molecule has 0 aliphatic heterocycles. The predicted octanol–water partition coefficient (Wildman–Crippen LogP) is 8.33. The Balaban J connectivity index is 4.72. The van der Waals surface area contributed by atoms with Crippen molar-refractivity contribution in [2.45, 2.75) is 155 Å². The summed E-state index contributed by atoms with van der Waals surface area (Å²) < 4.78 is 47.5. The van der Waals surface area contributed by atoms with Gasteiger partial charge in [0.25, 0.3) is 0 Å². The van der Waals surface area contributed by atoms with Gasteiger partial charge in [-0.3, -0.25) is 23.2 Å². The second-order valence-corrected chi connectivity index (χ2v) is 16.3. The van der Waals surface area contributed by atoms with E-state index in [4.69, 9.17) is 23.8 Å². The summed E-state index contributed by atoms with van der Waals surface area (Å²) in [6.45, 7) is 3.78. The molecule has 0 saturated carbocycles. The van der Waals surface area contributed by atoms with Gasteiger partial charge in [-0.2, -0.15) is 0 Å². The van der Waals surface area contributed by atoms with E-state index in [1.54, 1.807) is 6.08 Å². The van der Waals surface area contributed by atoms with E-state index in [1.807, 2.05) is 42.5 Å². The van der Waals surface area contributed by atoms with Crippen molar-refractivity contribution in [2.75, 3.05) is 26.4 Å². The lowest BCUT2D eigenvalue weighted by Gasteiger charge is -2.20. The molecule has 2 unspecified atom stereocenters. The second kappa shape index (κ2) is 34.1. The first-order valence-electron chi connectivity index (χ1n) is 19.8. The number of aliphatic hydroxyl groups excluding tert-OH is 2. The molecule has 0 amide bonds. The van der Waals surface area contributed by atoms with Gasteiger partial charge < -0.3 is 34.4 Å². The lowest BCUT2D eigenvalue weighted by Crippen LogP contribution is -2.29. The van der Waals surface area contributed by atoms with Crippen molar-refractivity contribution in [3.63, 3.8) is 0 Å². The summed E-state index contributed by atoms with van der Waals surface area (Å²) in [6, 6.07) is 0. The summed E-state index contributed by atoms with van der Waals surface area (Å²) in [6.07, 6.45) is 27.6. The van der Waals surface area contributed by atoms with E-state index in [1.165, 1.54) is 19.3 Å². The number of unbranched alkanes of at least 4 members (excludes halogenated alkanes) is 8. The Morgan fingerprint density at radius 1 is 0.655 bits per heavy atom. The van der Waals surface area contributed by atoms with Crippen LogP contribution in [0.1, 0.15) is 136 Å². The van der Waals surface area contributed by atoms with Crippen molar-refractivity contribution in [2.24, 2.45) is 5.92 Å². The number of phosphoric acid groups is 2. The van der Waals surface area contributed by atoms with Crippen molar-refractivity contribution >= 4 is 27.6 Å². The highest BCUT2D eigenvalue weighted by atomic mass is 31.2. The average molecular weight is 825 g/mol. The maximum atomic E-state index is 12.6. The molecule has 5 atom stereocenters. The Morgan fingerprint density at radius 3 is 1.95 bits per heavy atom. The van der Waals surface area contributed by atoms with Gasteiger partial charge in [-0.25, -0.2) is 9.13 Å². The molecule has 16 heteroatoms. The van der Waals surface area contributed by atoms with Gasteiger partial charge in [0.2, 0.25) is 0 Å². The van der Waals surface area contributed by atoms with E-state index in [0.29, 0.717) is 19.3 Å². The zero-order valence-corrected chi connectivity index (χ0v) is 35.1. The highest BCUT2D eigenvalue weighted by molar-refractivity contribution is 7.47. The number of carbonyl (C=O) groups is 2. The molecule has 0 aromatic rings. The topological polar surface area (TPSA) is 216 Å². The number of phosphoric ester groups is 2. The minimum Gasteiger partial charge on any atom is -0.462 e. The number of allylic oxidation sites excluding steroid dienone is 7. The Kier molecular flexibility index (Phi) is 32.9. The molecule has 0 radical (unpaired) electrons. The van der Waals surface area contributed by atoms with Gasteiger partial charge in [-0.05, 0) is 44.4 Å². The van der Waals surface area contributed by atoms with Crippen LogP contribution in [0.2, 0.25) is 0 Å². The van der Waals surface area contributed by atoms with Crippen LogP contribution >= 0.6 is 15.6 Å². The number of aliphatic hydroxyl groups is 2. The van der Waals surface area contributed by atoms with Crippen LogP contribution in [0.15, 0.2) is 48.6 Å². The summed E-state index contributed by atoms with van der Waals surface area (Å²) in [5, 5.41) is 19.6. The number of hydrogen-bond donors (Lipinski definition) is 5. The maximum Gasteiger partial charge on any atom is 0.472 e. The van der Waals surface area contributed by atoms with E-state index < -0.39 is 72.3 Å². The molecule has 0 bridgehead atoms. The summed E-state index contributed by atoms with van der Waals surface area (Å²) in [7, 11) is -9.70. The predicted molar refractivity (Wildman–Crippen MR) is 213 cm³/mol. The quantitative estimate of drug-likeness (QED) is 0.0132. The van der Waals surface area contributed by atoms with Crippen molar-refractivity contribution < 1.29 is 66.7 Å². The SMILES string of the molecule is CCCCC[C@H](O)/C=C/C=C\C/C=C\C/C=C\CCCC(=O)O[C@H](COC(=O)CCCCCCCCC(C)CC)COP(=O)(O)OC[C@@H](O)COP(=O)(O)O. The van der Waals surface area contributed by atoms with Gasteiger partial charge in [0.1, 0.15) is 12.7 Å². The third kappa shape index (κ3) is 37.4. The molecule has 0 saturated heterocycles. The molecule has 0 aromatic carbocycles. The summed E-state index contributed by atoms with van der Waals surface area (Å²) >= 11 is 0. The Morgan fingerprint density at radius 2 is 1.25 bits per heavy atom. The van der Waals surface area contributed by atoms with Gasteiger partial charge >= 0.3 is 27.6 Å². The van der Waals surface area contributed by atoms with Crippen LogP contribution in [-0.2, 0) is 41.8 Å². The molecule has 0 aliphatic rings. The molecule has 0 heterocycles. The van der Waals surface area contributed by atoms with Crippen LogP contribution in [0, 0.1) is 5.92 Å². The molecule has 14 nitrogen and oxygen atoms in total. The monoisotopic (exact) mass is 824 g/mol. The fourth-order valence-corrected chi connectivity index (χ4v) is 6.05. The van der Waals surface area contributed by atoms with E-state index >= 15 is 0 Å². The number of rotatable bonds is 36. The van der Waals surface area contributed by atoms with Crippen LogP contribution in [-0.4, -0.2) is 81.6 Å². The first-order chi connectivity index (χ1) is 26.2. The number of carbonyl (C=O) groups excluding carboxylic acids is 2. The van der Waals surface area contributed by atoms with E-state index in [2.05, 4.69) is 29.8 Å². The minimum atomic E-state index is -4.87. The van der Waals surface area contributed by atoms with Crippen molar-refractivity contribution in [1.82, 2.24) is 0 Å². The first kappa shape index (κ1) is 53.0. The van der Waals surface area contributed by atoms with Gasteiger partial charge in [0.15, 0.2) is 6.10 Å². The van der Waals surface area contributed by atoms with Crippen molar-refractivity contribution in [1.29, 1.82) is 0 Å². The van der Waals surface area contributed by atoms with Gasteiger partial charge in [-0.1, -0.05) is 134 Å². The zero-order valence-electron chi connectivity index (χ0n) is 33.3. The van der Waals surface area contributed by atoms with Crippen LogP contribution in [0.4, 0.5) is 0 Å². The summed E-state index contributed by atoms with van der Waals surface area (Å²) in [5.74, 6) is -0.389. The second-order valence-electron chi connectivity index (χ2n) is 13.7. The third-order valence-corrected chi connectivity index (χ3v) is 9.79. The molecule has 0 aliphatic carbocycles. The Labute approximate surface area is 329 Å². The van der Waals surface area contributed by atoms with E-state index in [-0.39, 0.29) is 12.8 Å². The fourth-order valence-electron chi connectivity index (χ4n) is 4.90. The molecular formula is C39H70O14P2. The molecule has 0 rings (SSSR count). The molecule has 0 fully saturated rings. The third-order valence-electron chi connectivity index (χ3n) is 8.36. The molecule has 0 aromatic heterocycles. The fraction of sp³-hybridized carbons (Fsp3) is 0.744. The lowest BCUT2D eigenvalue weighted by molar-refractivity contribution is -0.161. The van der Waals surface area contributed by atoms with E-state index in [0.717, 1.165) is 70.1 Å². The smallest absolute Gasteiger partial charge is 0.462 e. The zero-order chi connectivity index (χ0) is 41.2. The summed E-state index contributed by atoms with van der Waals surface area (Å²) in [5.41, 5.74) is 0. The van der Waals surface area contributed by atoms with Gasteiger partial charge in [-0.15, -0.1) is 0 Å². The van der Waals surface area contributed by atoms with Crippen LogP contribution < -0.4 is 0 Å². The number of hydrogen-bond acceptors (Lipinski definition) is 11. The van der Waals surface area contributed by atoms with Crippen LogP contribution in [0.3, 0.4) is 0 Å². The highest BCUT2D eigenvalue weighted by Gasteiger charge is 2.28. The standard InChI is InChI=1S/C39H70O14P2/c1-4-6-20-26-35(40)27-22-17-12-10-8-7-9-11-13-19-24-29-39(43)53-37(33-52-55(47,48)51-31-36(41)30-50-54(44,45)46)32-49-38(42)28-23-18-15-14-16-21-25-34(3)5-2/h7-8,11-13,17,22,27,34-37,40-41H,4-6,9-10,14-16,18-21,23-26,28-33H2,1-3H3,(H,47,48)(H2,44,45,46)/b8-7-,13-11-,17-12-,27-22+/t34?,35-,36-,37+/m0/s1. The Bertz CT molecular complexity index is 1200. The maximum absolute atomic E-state index is 12.6. The molecule has 5 N–H and O–H groups in total. The molecule has 55 heavy (non-hydrogen) atoms. The number of ether oxygens (including phenoxy) is 2. The van der Waals surface area contributed by atoms with E-state index in [9.17, 15) is 33.8 Å². The molecule has 320 valence electrons. The van der Waals surface area contributed by atoms with Crippen molar-refractivity contribution in [3.8, 4) is 0 Å². The largest absolute Gasteiger partial charge is 0.472 e.